The van der Waals surface area contributed by atoms with Gasteiger partial charge in [0.15, 0.2) is 5.01 Å². The molecule has 0 saturated carbocycles. The molecule has 2 aromatic rings. The van der Waals surface area contributed by atoms with Gasteiger partial charge in [-0.25, -0.2) is 4.98 Å². The highest BCUT2D eigenvalue weighted by Crippen LogP contribution is 2.36. The van der Waals surface area contributed by atoms with E-state index in [-0.39, 0.29) is 0 Å². The van der Waals surface area contributed by atoms with Crippen molar-refractivity contribution in [2.45, 2.75) is 6.18 Å². The van der Waals surface area contributed by atoms with Crippen LogP contribution in [0.15, 0.2) is 28.1 Å². The number of benzene rings is 1. The van der Waals surface area contributed by atoms with Crippen molar-refractivity contribution in [2.24, 2.45) is 0 Å². The van der Waals surface area contributed by atoms with E-state index < -0.39 is 11.2 Å². The Morgan fingerprint density at radius 3 is 2.56 bits per heavy atom. The highest BCUT2D eigenvalue weighted by molar-refractivity contribution is 9.10. The predicted octanol–water partition coefficient (Wildman–Crippen LogP) is 4.60. The molecule has 2 nitrogen and oxygen atoms in total. The first-order chi connectivity index (χ1) is 8.41. The Hall–Kier alpha value is -1.08. The molecule has 0 radical (unpaired) electrons. The molecule has 7 heteroatoms. The van der Waals surface area contributed by atoms with Gasteiger partial charge in [-0.2, -0.15) is 13.2 Å². The van der Waals surface area contributed by atoms with E-state index >= 15 is 0 Å². The van der Waals surface area contributed by atoms with Crippen LogP contribution in [0.4, 0.5) is 13.2 Å². The first kappa shape index (κ1) is 13.4. The molecule has 1 aromatic carbocycles. The second-order valence-corrected chi connectivity index (χ2v) is 5.10. The third-order valence-corrected chi connectivity index (χ3v) is 3.70. The summed E-state index contributed by atoms with van der Waals surface area (Å²) in [5.74, 6) is 0.616. The molecule has 0 spiro atoms. The summed E-state index contributed by atoms with van der Waals surface area (Å²) in [4.78, 5) is 3.58. The number of hydrogen-bond acceptors (Lipinski definition) is 3. The van der Waals surface area contributed by atoms with E-state index in [1.54, 1.807) is 18.2 Å². The molecule has 0 saturated heterocycles. The molecule has 18 heavy (non-hydrogen) atoms. The van der Waals surface area contributed by atoms with Crippen molar-refractivity contribution in [3.8, 4) is 17.0 Å². The van der Waals surface area contributed by atoms with Gasteiger partial charge in [0.2, 0.25) is 0 Å². The van der Waals surface area contributed by atoms with Gasteiger partial charge in [-0.3, -0.25) is 0 Å². The second kappa shape index (κ2) is 4.89. The predicted molar refractivity (Wildman–Crippen MR) is 66.8 cm³/mol. The third-order valence-electron chi connectivity index (χ3n) is 2.19. The number of ether oxygens (including phenoxy) is 1. The molecule has 96 valence electrons. The van der Waals surface area contributed by atoms with Crippen molar-refractivity contribution in [1.29, 1.82) is 0 Å². The summed E-state index contributed by atoms with van der Waals surface area (Å²) in [7, 11) is 1.52. The van der Waals surface area contributed by atoms with Crippen LogP contribution in [0.5, 0.6) is 5.75 Å². The number of hydrogen-bond donors (Lipinski definition) is 0. The molecule has 2 rings (SSSR count). The van der Waals surface area contributed by atoms with Crippen LogP contribution in [0.3, 0.4) is 0 Å². The summed E-state index contributed by atoms with van der Waals surface area (Å²) in [5.41, 5.74) is 0.908. The average molecular weight is 338 g/mol. The highest BCUT2D eigenvalue weighted by atomic mass is 79.9. The van der Waals surface area contributed by atoms with Gasteiger partial charge in [-0.05, 0) is 34.1 Å². The Morgan fingerprint density at radius 2 is 2.06 bits per heavy atom. The number of rotatable bonds is 2. The lowest BCUT2D eigenvalue weighted by molar-refractivity contribution is -0.137. The average Bonchev–Trinajstić information content (AvgIpc) is 2.77. The molecule has 0 aliphatic rings. The fourth-order valence-electron chi connectivity index (χ4n) is 1.36. The Bertz CT molecular complexity index is 568. The first-order valence-electron chi connectivity index (χ1n) is 4.78. The van der Waals surface area contributed by atoms with E-state index in [2.05, 4.69) is 20.9 Å². The van der Waals surface area contributed by atoms with Crippen molar-refractivity contribution < 1.29 is 17.9 Å². The van der Waals surface area contributed by atoms with E-state index in [1.807, 2.05) is 0 Å². The van der Waals surface area contributed by atoms with Gasteiger partial charge in [0.1, 0.15) is 5.75 Å². The van der Waals surface area contributed by atoms with Crippen molar-refractivity contribution in [3.05, 3.63) is 33.1 Å². The van der Waals surface area contributed by atoms with E-state index in [1.165, 1.54) is 12.5 Å². The molecule has 1 aromatic heterocycles. The third kappa shape index (κ3) is 2.67. The lowest BCUT2D eigenvalue weighted by atomic mass is 10.2. The summed E-state index contributed by atoms with van der Waals surface area (Å²) >= 11 is 3.86. The minimum atomic E-state index is -4.40. The quantitative estimate of drug-likeness (QED) is 0.798. The van der Waals surface area contributed by atoms with E-state index in [0.29, 0.717) is 32.8 Å². The maximum atomic E-state index is 12.4. The van der Waals surface area contributed by atoms with Gasteiger partial charge in [0.25, 0.3) is 0 Å². The topological polar surface area (TPSA) is 22.1 Å². The number of nitrogens with zero attached hydrogens (tertiary/aromatic N) is 1. The van der Waals surface area contributed by atoms with Crippen LogP contribution in [0.25, 0.3) is 11.3 Å². The van der Waals surface area contributed by atoms with Crippen molar-refractivity contribution >= 4 is 27.3 Å². The second-order valence-electron chi connectivity index (χ2n) is 3.38. The van der Waals surface area contributed by atoms with Gasteiger partial charge in [-0.1, -0.05) is 0 Å². The van der Waals surface area contributed by atoms with Crippen LogP contribution < -0.4 is 4.74 Å². The molecule has 0 amide bonds. The Morgan fingerprint density at radius 1 is 1.33 bits per heavy atom. The molecular formula is C11H7BrF3NOS. The first-order valence-corrected chi connectivity index (χ1v) is 6.45. The van der Waals surface area contributed by atoms with Crippen LogP contribution in [0, 0.1) is 0 Å². The van der Waals surface area contributed by atoms with Gasteiger partial charge in [0.05, 0.1) is 17.3 Å². The van der Waals surface area contributed by atoms with Gasteiger partial charge in [-0.15, -0.1) is 11.3 Å². The molecule has 0 N–H and O–H groups in total. The maximum Gasteiger partial charge on any atom is 0.443 e. The van der Waals surface area contributed by atoms with Crippen molar-refractivity contribution in [1.82, 2.24) is 4.98 Å². The fraction of sp³-hybridized carbons (Fsp3) is 0.182. The molecule has 0 unspecified atom stereocenters. The summed E-state index contributed by atoms with van der Waals surface area (Å²) in [6.07, 6.45) is -4.40. The van der Waals surface area contributed by atoms with Crippen LogP contribution in [-0.4, -0.2) is 12.1 Å². The van der Waals surface area contributed by atoms with Crippen molar-refractivity contribution in [2.75, 3.05) is 7.11 Å². The minimum absolute atomic E-state index is 0.302. The normalized spacial score (nSPS) is 11.6. The Labute approximate surface area is 114 Å². The summed E-state index contributed by atoms with van der Waals surface area (Å²) in [6, 6.07) is 5.01. The zero-order valence-corrected chi connectivity index (χ0v) is 11.5. The minimum Gasteiger partial charge on any atom is -0.496 e. The zero-order valence-electron chi connectivity index (χ0n) is 9.08. The SMILES string of the molecule is COc1ccc(-c2csc(C(F)(F)F)n2)cc1Br. The van der Waals surface area contributed by atoms with Crippen molar-refractivity contribution in [3.63, 3.8) is 0 Å². The summed E-state index contributed by atoms with van der Waals surface area (Å²) < 4.78 is 43.0. The van der Waals surface area contributed by atoms with Gasteiger partial charge < -0.3 is 4.74 Å². The van der Waals surface area contributed by atoms with Crippen LogP contribution in [0.1, 0.15) is 5.01 Å². The molecule has 0 fully saturated rings. The number of aromatic nitrogens is 1. The monoisotopic (exact) mass is 337 g/mol. The standard InChI is InChI=1S/C11H7BrF3NOS/c1-17-9-3-2-6(4-7(9)12)8-5-18-10(16-8)11(13,14)15/h2-5H,1H3. The Kier molecular flexibility index (Phi) is 3.63. The van der Waals surface area contributed by atoms with Gasteiger partial charge >= 0.3 is 6.18 Å². The van der Waals surface area contributed by atoms with Crippen LogP contribution in [0.2, 0.25) is 0 Å². The fourth-order valence-corrected chi connectivity index (χ4v) is 2.60. The van der Waals surface area contributed by atoms with Gasteiger partial charge in [0, 0.05) is 10.9 Å². The maximum absolute atomic E-state index is 12.4. The molecule has 0 aliphatic heterocycles. The summed E-state index contributed by atoms with van der Waals surface area (Å²) in [6.45, 7) is 0. The number of thiazole rings is 1. The van der Waals surface area contributed by atoms with E-state index in [0.717, 1.165) is 0 Å². The highest BCUT2D eigenvalue weighted by Gasteiger charge is 2.34. The number of methoxy groups -OCH3 is 1. The smallest absolute Gasteiger partial charge is 0.443 e. The molecule has 0 bridgehead atoms. The number of alkyl halides is 3. The molecule has 0 atom stereocenters. The number of halogens is 4. The molecule has 0 aliphatic carbocycles. The zero-order chi connectivity index (χ0) is 13.3. The Balaban J connectivity index is 2.38. The van der Waals surface area contributed by atoms with E-state index in [9.17, 15) is 13.2 Å². The van der Waals surface area contributed by atoms with Crippen LogP contribution >= 0.6 is 27.3 Å². The molecule has 1 heterocycles. The lowest BCUT2D eigenvalue weighted by Crippen LogP contribution is -2.03. The molecular weight excluding hydrogens is 331 g/mol. The van der Waals surface area contributed by atoms with E-state index in [4.69, 9.17) is 4.74 Å². The largest absolute Gasteiger partial charge is 0.496 e. The lowest BCUT2D eigenvalue weighted by Gasteiger charge is -2.04. The summed E-state index contributed by atoms with van der Waals surface area (Å²) in [5, 5.41) is 0.543. The van der Waals surface area contributed by atoms with Crippen LogP contribution in [-0.2, 0) is 6.18 Å².